The lowest BCUT2D eigenvalue weighted by Crippen LogP contribution is -2.42. The number of rotatable bonds is 6. The van der Waals surface area contributed by atoms with Crippen LogP contribution in [0.25, 0.3) is 11.3 Å². The highest BCUT2D eigenvalue weighted by Crippen LogP contribution is 2.46. The van der Waals surface area contributed by atoms with Crippen LogP contribution < -0.4 is 15.8 Å². The Kier molecular flexibility index (Phi) is 4.85. The lowest BCUT2D eigenvalue weighted by molar-refractivity contribution is -0.119. The summed E-state index contributed by atoms with van der Waals surface area (Å²) < 4.78 is 16.4. The second-order valence-corrected chi connectivity index (χ2v) is 8.33. The molecule has 2 amide bonds. The zero-order chi connectivity index (χ0) is 19.1. The normalized spacial score (nSPS) is 13.7. The number of amides is 2. The molecular weight excluding hydrogens is 381 g/mol. The molecule has 5 N–H and O–H groups in total. The molecule has 1 aromatic carbocycles. The molecule has 2 aromatic rings. The summed E-state index contributed by atoms with van der Waals surface area (Å²) >= 11 is 1.41. The topological polar surface area (TPSA) is 152 Å². The lowest BCUT2D eigenvalue weighted by atomic mass is 10.0. The monoisotopic (exact) mass is 397 g/mol. The fraction of sp³-hybridized carbons (Fsp3) is 0.267. The smallest absolute Gasteiger partial charge is 0.362 e. The van der Waals surface area contributed by atoms with Crippen LogP contribution in [0.3, 0.4) is 0 Å². The van der Waals surface area contributed by atoms with Gasteiger partial charge in [-0.25, -0.2) is 4.98 Å². The van der Waals surface area contributed by atoms with Crippen LogP contribution in [-0.4, -0.2) is 39.0 Å². The average molecular weight is 397 g/mol. The highest BCUT2D eigenvalue weighted by Gasteiger charge is 2.31. The molecular formula is C15H16N3O6PS. The van der Waals surface area contributed by atoms with Gasteiger partial charge in [-0.1, -0.05) is 0 Å². The molecule has 0 fully saturated rings. The van der Waals surface area contributed by atoms with Crippen LogP contribution in [0.2, 0.25) is 0 Å². The van der Waals surface area contributed by atoms with E-state index in [4.69, 9.17) is 20.3 Å². The number of nitrogens with zero attached hydrogens (tertiary/aromatic N) is 1. The molecule has 1 aromatic heterocycles. The molecule has 1 atom stereocenters. The van der Waals surface area contributed by atoms with Gasteiger partial charge < -0.3 is 25.6 Å². The van der Waals surface area contributed by atoms with Gasteiger partial charge in [0.25, 0.3) is 5.91 Å². The third-order valence-electron chi connectivity index (χ3n) is 3.90. The van der Waals surface area contributed by atoms with Crippen molar-refractivity contribution < 1.29 is 28.7 Å². The Labute approximate surface area is 152 Å². The van der Waals surface area contributed by atoms with Crippen LogP contribution in [-0.2, 0) is 15.8 Å². The van der Waals surface area contributed by atoms with E-state index in [9.17, 15) is 14.2 Å². The summed E-state index contributed by atoms with van der Waals surface area (Å²) in [6, 6.07) is 2.12. The number of carbonyl (C=O) groups excluding carboxylic acids is 2. The van der Waals surface area contributed by atoms with E-state index in [1.54, 1.807) is 5.51 Å². The van der Waals surface area contributed by atoms with Crippen molar-refractivity contribution >= 4 is 30.7 Å². The van der Waals surface area contributed by atoms with Crippen molar-refractivity contribution in [2.75, 3.05) is 6.35 Å². The van der Waals surface area contributed by atoms with Crippen molar-refractivity contribution in [1.29, 1.82) is 0 Å². The molecule has 0 saturated heterocycles. The number of thiazole rings is 1. The largest absolute Gasteiger partial charge is 0.480 e. The van der Waals surface area contributed by atoms with Gasteiger partial charge in [0, 0.05) is 22.4 Å². The molecule has 1 heterocycles. The lowest BCUT2D eigenvalue weighted by Gasteiger charge is -2.16. The van der Waals surface area contributed by atoms with Crippen molar-refractivity contribution in [2.45, 2.75) is 19.4 Å². The van der Waals surface area contributed by atoms with Gasteiger partial charge in [0.15, 0.2) is 6.35 Å². The van der Waals surface area contributed by atoms with E-state index in [0.29, 0.717) is 28.8 Å². The summed E-state index contributed by atoms with van der Waals surface area (Å²) in [6.45, 7) is 1.48. The summed E-state index contributed by atoms with van der Waals surface area (Å²) in [7, 11) is -4.36. The Morgan fingerprint density at radius 1 is 1.46 bits per heavy atom. The summed E-state index contributed by atoms with van der Waals surface area (Å²) in [5.41, 5.74) is 8.97. The molecule has 138 valence electrons. The number of carbonyl (C=O) groups is 2. The first-order chi connectivity index (χ1) is 12.2. The van der Waals surface area contributed by atoms with E-state index in [-0.39, 0.29) is 5.75 Å². The predicted molar refractivity (Wildman–Crippen MR) is 94.0 cm³/mol. The predicted octanol–water partition coefficient (Wildman–Crippen LogP) is 0.832. The Bertz CT molecular complexity index is 937. The quantitative estimate of drug-likeness (QED) is 0.450. The third kappa shape index (κ3) is 3.63. The van der Waals surface area contributed by atoms with Crippen LogP contribution in [0.4, 0.5) is 0 Å². The first-order valence-corrected chi connectivity index (χ1v) is 10.2. The third-order valence-corrected chi connectivity index (χ3v) is 5.20. The van der Waals surface area contributed by atoms with E-state index in [1.165, 1.54) is 30.4 Å². The fourth-order valence-corrected chi connectivity index (χ4v) is 3.75. The highest BCUT2D eigenvalue weighted by molar-refractivity contribution is 7.51. The van der Waals surface area contributed by atoms with Gasteiger partial charge in [-0.15, -0.1) is 11.3 Å². The van der Waals surface area contributed by atoms with Crippen LogP contribution in [0.15, 0.2) is 17.6 Å². The number of benzene rings is 1. The van der Waals surface area contributed by atoms with Crippen molar-refractivity contribution in [3.8, 4) is 17.0 Å². The molecule has 9 nitrogen and oxygen atoms in total. The summed E-state index contributed by atoms with van der Waals surface area (Å²) in [4.78, 5) is 47.0. The second-order valence-electron chi connectivity index (χ2n) is 5.80. The minimum atomic E-state index is -4.36. The number of nitrogens with one attached hydrogen (secondary N) is 1. The average Bonchev–Trinajstić information content (AvgIpc) is 3.12. The first-order valence-electron chi connectivity index (χ1n) is 7.53. The molecule has 0 bridgehead atoms. The minimum Gasteiger partial charge on any atom is -0.480 e. The van der Waals surface area contributed by atoms with Crippen molar-refractivity contribution in [3.05, 3.63) is 33.6 Å². The Balaban J connectivity index is 1.99. The molecule has 0 radical (unpaired) electrons. The number of fused-ring (bicyclic) bond motifs is 3. The van der Waals surface area contributed by atoms with Crippen LogP contribution in [0.5, 0.6) is 5.75 Å². The molecule has 26 heavy (non-hydrogen) atoms. The van der Waals surface area contributed by atoms with Gasteiger partial charge >= 0.3 is 7.60 Å². The van der Waals surface area contributed by atoms with E-state index in [2.05, 4.69) is 10.3 Å². The number of nitrogens with two attached hydrogens (primary N) is 1. The van der Waals surface area contributed by atoms with Crippen LogP contribution >= 0.6 is 18.9 Å². The Hall–Kier alpha value is -2.26. The summed E-state index contributed by atoms with van der Waals surface area (Å²) in [6.07, 6.45) is -0.334. The van der Waals surface area contributed by atoms with Gasteiger partial charge in [-0.3, -0.25) is 14.2 Å². The zero-order valence-electron chi connectivity index (χ0n) is 13.6. The number of hydrogen-bond acceptors (Lipinski definition) is 6. The molecule has 0 saturated carbocycles. The highest BCUT2D eigenvalue weighted by atomic mass is 32.1. The fourth-order valence-electron chi connectivity index (χ4n) is 2.66. The number of hydrogen-bond donors (Lipinski definition) is 4. The van der Waals surface area contributed by atoms with Gasteiger partial charge in [-0.2, -0.15) is 0 Å². The molecule has 1 aliphatic carbocycles. The second kappa shape index (κ2) is 6.81. The minimum absolute atomic E-state index is 0.243. The first kappa shape index (κ1) is 18.5. The zero-order valence-corrected chi connectivity index (χ0v) is 15.3. The number of primary amides is 1. The maximum absolute atomic E-state index is 12.5. The molecule has 0 aliphatic heterocycles. The van der Waals surface area contributed by atoms with Gasteiger partial charge in [0.05, 0.1) is 11.2 Å². The van der Waals surface area contributed by atoms with Crippen LogP contribution in [0.1, 0.15) is 27.7 Å². The van der Waals surface area contributed by atoms with E-state index < -0.39 is 31.8 Å². The molecule has 0 spiro atoms. The van der Waals surface area contributed by atoms with Gasteiger partial charge in [-0.05, 0) is 24.6 Å². The van der Waals surface area contributed by atoms with Crippen molar-refractivity contribution in [1.82, 2.24) is 10.3 Å². The molecule has 0 unspecified atom stereocenters. The maximum Gasteiger partial charge on any atom is 0.362 e. The van der Waals surface area contributed by atoms with Crippen molar-refractivity contribution in [2.24, 2.45) is 5.73 Å². The molecule has 3 rings (SSSR count). The summed E-state index contributed by atoms with van der Waals surface area (Å²) in [5.74, 6) is -0.880. The van der Waals surface area contributed by atoms with Gasteiger partial charge in [0.2, 0.25) is 5.91 Å². The van der Waals surface area contributed by atoms with Crippen molar-refractivity contribution in [3.63, 3.8) is 0 Å². The molecule has 11 heteroatoms. The van der Waals surface area contributed by atoms with E-state index in [1.807, 2.05) is 0 Å². The number of ether oxygens (including phenoxy) is 1. The van der Waals surface area contributed by atoms with E-state index in [0.717, 1.165) is 4.88 Å². The summed E-state index contributed by atoms with van der Waals surface area (Å²) in [5, 5.41) is 2.52. The van der Waals surface area contributed by atoms with E-state index >= 15 is 0 Å². The number of aromatic nitrogens is 1. The SMILES string of the molecule is C[C@H](NC(=O)c1ccc(OCP(=O)(O)O)c2c1Cc1scnc1-2)C(N)=O. The maximum atomic E-state index is 12.5. The van der Waals surface area contributed by atoms with Gasteiger partial charge in [0.1, 0.15) is 11.8 Å². The Morgan fingerprint density at radius 3 is 2.85 bits per heavy atom. The standard InChI is InChI=1S/C15H16N3O6PS/c1-7(14(16)19)18-15(20)8-2-3-10(24-6-25(21,22)23)12-9(8)4-11-13(12)17-5-26-11/h2-3,5,7H,4,6H2,1H3,(H2,16,19)(H,18,20)(H2,21,22,23)/t7-/m0/s1. The Morgan fingerprint density at radius 2 is 2.19 bits per heavy atom. The molecule has 1 aliphatic rings. The van der Waals surface area contributed by atoms with Crippen LogP contribution in [0, 0.1) is 0 Å².